The Morgan fingerprint density at radius 1 is 1.24 bits per heavy atom. The van der Waals surface area contributed by atoms with Gasteiger partial charge < -0.3 is 5.32 Å². The fourth-order valence-corrected chi connectivity index (χ4v) is 2.76. The van der Waals surface area contributed by atoms with Crippen LogP contribution in [0.5, 0.6) is 0 Å². The zero-order valence-electron chi connectivity index (χ0n) is 13.8. The number of hydrogen-bond donors (Lipinski definition) is 1. The van der Waals surface area contributed by atoms with Gasteiger partial charge in [-0.05, 0) is 51.3 Å². The van der Waals surface area contributed by atoms with E-state index in [2.05, 4.69) is 42.4 Å². The minimum atomic E-state index is 0.310. The molecule has 2 aromatic rings. The van der Waals surface area contributed by atoms with Gasteiger partial charge in [0.2, 0.25) is 0 Å². The highest BCUT2D eigenvalue weighted by Gasteiger charge is 2.16. The van der Waals surface area contributed by atoms with Crippen LogP contribution in [-0.2, 0) is 20.5 Å². The van der Waals surface area contributed by atoms with Crippen LogP contribution in [0.2, 0.25) is 0 Å². The monoisotopic (exact) mass is 289 g/mol. The maximum Gasteiger partial charge on any atom is 0.0793 e. The molecule has 0 aromatic carbocycles. The van der Waals surface area contributed by atoms with Crippen molar-refractivity contribution in [2.45, 2.75) is 46.1 Å². The topological polar surface area (TPSA) is 47.7 Å². The van der Waals surface area contributed by atoms with Gasteiger partial charge in [0, 0.05) is 26.0 Å². The third kappa shape index (κ3) is 3.73. The van der Waals surface area contributed by atoms with Crippen LogP contribution in [0.3, 0.4) is 0 Å². The highest BCUT2D eigenvalue weighted by Crippen LogP contribution is 2.21. The molecule has 0 amide bonds. The Balaban J connectivity index is 2.08. The van der Waals surface area contributed by atoms with E-state index in [9.17, 15) is 0 Å². The summed E-state index contributed by atoms with van der Waals surface area (Å²) < 4.78 is 3.84. The molecule has 21 heavy (non-hydrogen) atoms. The molecule has 1 atom stereocenters. The highest BCUT2D eigenvalue weighted by molar-refractivity contribution is 5.24. The molecule has 1 unspecified atom stereocenters. The fraction of sp³-hybridized carbons (Fsp3) is 0.625. The maximum atomic E-state index is 4.56. The van der Waals surface area contributed by atoms with Gasteiger partial charge in [-0.2, -0.15) is 10.2 Å². The minimum absolute atomic E-state index is 0.310. The molecule has 2 aromatic heterocycles. The van der Waals surface area contributed by atoms with E-state index in [4.69, 9.17) is 0 Å². The van der Waals surface area contributed by atoms with Crippen molar-refractivity contribution in [3.8, 4) is 0 Å². The summed E-state index contributed by atoms with van der Waals surface area (Å²) >= 11 is 0. The molecule has 2 rings (SSSR count). The number of rotatable bonds is 7. The van der Waals surface area contributed by atoms with Gasteiger partial charge in [0.25, 0.3) is 0 Å². The van der Waals surface area contributed by atoms with Gasteiger partial charge >= 0.3 is 0 Å². The van der Waals surface area contributed by atoms with Crippen molar-refractivity contribution in [1.29, 1.82) is 0 Å². The van der Waals surface area contributed by atoms with Gasteiger partial charge in [-0.3, -0.25) is 9.36 Å². The molecule has 5 nitrogen and oxygen atoms in total. The molecule has 0 radical (unpaired) electrons. The molecule has 5 heteroatoms. The van der Waals surface area contributed by atoms with Crippen LogP contribution < -0.4 is 5.32 Å². The second kappa shape index (κ2) is 6.89. The van der Waals surface area contributed by atoms with Crippen LogP contribution in [0.4, 0.5) is 0 Å². The van der Waals surface area contributed by atoms with Gasteiger partial charge in [0.1, 0.15) is 0 Å². The summed E-state index contributed by atoms with van der Waals surface area (Å²) in [5.74, 6) is 0. The lowest BCUT2D eigenvalue weighted by molar-refractivity contribution is 0.482. The third-order valence-corrected chi connectivity index (χ3v) is 4.07. The summed E-state index contributed by atoms with van der Waals surface area (Å²) in [5.41, 5.74) is 4.91. The van der Waals surface area contributed by atoms with Gasteiger partial charge in [-0.25, -0.2) is 0 Å². The Morgan fingerprint density at radius 2 is 2.00 bits per heavy atom. The van der Waals surface area contributed by atoms with E-state index in [0.29, 0.717) is 6.04 Å². The van der Waals surface area contributed by atoms with Crippen LogP contribution in [-0.4, -0.2) is 26.1 Å². The first-order valence-corrected chi connectivity index (χ1v) is 7.75. The first-order chi connectivity index (χ1) is 10.0. The molecule has 0 spiro atoms. The average molecular weight is 289 g/mol. The second-order valence-corrected chi connectivity index (χ2v) is 5.73. The smallest absolute Gasteiger partial charge is 0.0793 e. The number of nitrogens with zero attached hydrogens (tertiary/aromatic N) is 4. The van der Waals surface area contributed by atoms with Crippen molar-refractivity contribution >= 4 is 0 Å². The van der Waals surface area contributed by atoms with E-state index in [1.807, 2.05) is 29.7 Å². The third-order valence-electron chi connectivity index (χ3n) is 4.07. The molecule has 0 fully saturated rings. The van der Waals surface area contributed by atoms with Crippen molar-refractivity contribution < 1.29 is 0 Å². The molecule has 0 aliphatic heterocycles. The van der Waals surface area contributed by atoms with Crippen molar-refractivity contribution in [2.24, 2.45) is 14.1 Å². The minimum Gasteiger partial charge on any atom is -0.309 e. The van der Waals surface area contributed by atoms with Gasteiger partial charge in [-0.15, -0.1) is 0 Å². The molecule has 0 aliphatic carbocycles. The van der Waals surface area contributed by atoms with Gasteiger partial charge in [0.15, 0.2) is 0 Å². The predicted octanol–water partition coefficient (Wildman–Crippen LogP) is 2.44. The van der Waals surface area contributed by atoms with Crippen LogP contribution in [0.15, 0.2) is 12.3 Å². The lowest BCUT2D eigenvalue weighted by Gasteiger charge is -2.16. The average Bonchev–Trinajstić information content (AvgIpc) is 2.97. The Hall–Kier alpha value is -1.62. The second-order valence-electron chi connectivity index (χ2n) is 5.73. The van der Waals surface area contributed by atoms with Crippen molar-refractivity contribution in [1.82, 2.24) is 24.9 Å². The fourth-order valence-electron chi connectivity index (χ4n) is 2.76. The zero-order valence-corrected chi connectivity index (χ0v) is 13.8. The predicted molar refractivity (Wildman–Crippen MR) is 85.2 cm³/mol. The standard InChI is InChI=1S/C16H27N5/c1-6-10-17-15(16-9-11-20(4)19-16)8-7-14-12(2)18-21(5)13(14)3/h9,11,15,17H,6-8,10H2,1-5H3. The number of aromatic nitrogens is 4. The van der Waals surface area contributed by atoms with Crippen LogP contribution in [0.1, 0.15) is 48.5 Å². The van der Waals surface area contributed by atoms with Crippen LogP contribution >= 0.6 is 0 Å². The van der Waals surface area contributed by atoms with Crippen LogP contribution in [0, 0.1) is 13.8 Å². The number of aryl methyl sites for hydroxylation is 3. The lowest BCUT2D eigenvalue weighted by atomic mass is 10.0. The Labute approximate surface area is 127 Å². The summed E-state index contributed by atoms with van der Waals surface area (Å²) in [6, 6.07) is 2.42. The van der Waals surface area contributed by atoms with E-state index in [1.54, 1.807) is 0 Å². The highest BCUT2D eigenvalue weighted by atomic mass is 15.3. The SMILES string of the molecule is CCCNC(CCc1c(C)nn(C)c1C)c1ccn(C)n1. The summed E-state index contributed by atoms with van der Waals surface area (Å²) in [7, 11) is 3.98. The Morgan fingerprint density at radius 3 is 2.52 bits per heavy atom. The molecule has 2 heterocycles. The summed E-state index contributed by atoms with van der Waals surface area (Å²) in [5, 5.41) is 12.7. The quantitative estimate of drug-likeness (QED) is 0.851. The first-order valence-electron chi connectivity index (χ1n) is 7.75. The Bertz CT molecular complexity index is 582. The molecule has 0 bridgehead atoms. The van der Waals surface area contributed by atoms with Gasteiger partial charge in [-0.1, -0.05) is 6.92 Å². The van der Waals surface area contributed by atoms with Crippen molar-refractivity contribution in [3.63, 3.8) is 0 Å². The zero-order chi connectivity index (χ0) is 15.4. The van der Waals surface area contributed by atoms with E-state index < -0.39 is 0 Å². The first kappa shape index (κ1) is 15.8. The number of hydrogen-bond acceptors (Lipinski definition) is 3. The molecule has 0 aliphatic rings. The largest absolute Gasteiger partial charge is 0.309 e. The van der Waals surface area contributed by atoms with E-state index in [1.165, 1.54) is 11.3 Å². The van der Waals surface area contributed by atoms with Crippen molar-refractivity contribution in [3.05, 3.63) is 34.9 Å². The molecule has 116 valence electrons. The van der Waals surface area contributed by atoms with Crippen LogP contribution in [0.25, 0.3) is 0 Å². The van der Waals surface area contributed by atoms with E-state index in [0.717, 1.165) is 37.2 Å². The maximum absolute atomic E-state index is 4.56. The molecule has 0 saturated heterocycles. The van der Waals surface area contributed by atoms with Gasteiger partial charge in [0.05, 0.1) is 17.4 Å². The van der Waals surface area contributed by atoms with E-state index in [-0.39, 0.29) is 0 Å². The normalized spacial score (nSPS) is 12.8. The summed E-state index contributed by atoms with van der Waals surface area (Å²) in [6.07, 6.45) is 5.22. The number of nitrogens with one attached hydrogen (secondary N) is 1. The Kier molecular flexibility index (Phi) is 5.17. The lowest BCUT2D eigenvalue weighted by Crippen LogP contribution is -2.23. The molecule has 1 N–H and O–H groups in total. The molecular weight excluding hydrogens is 262 g/mol. The summed E-state index contributed by atoms with van der Waals surface area (Å²) in [6.45, 7) is 7.45. The summed E-state index contributed by atoms with van der Waals surface area (Å²) in [4.78, 5) is 0. The van der Waals surface area contributed by atoms with Crippen molar-refractivity contribution in [2.75, 3.05) is 6.54 Å². The molecular formula is C16H27N5. The van der Waals surface area contributed by atoms with E-state index >= 15 is 0 Å². The molecule has 0 saturated carbocycles.